The number of halogens is 1. The molecule has 0 saturated heterocycles. The minimum absolute atomic E-state index is 0.258. The van der Waals surface area contributed by atoms with Crippen LogP contribution in [0.25, 0.3) is 0 Å². The molecule has 0 heterocycles. The van der Waals surface area contributed by atoms with Gasteiger partial charge in [0.1, 0.15) is 6.67 Å². The average molecular weight is 165 g/mol. The minimum Gasteiger partial charge on any atom is -0.396 e. The summed E-state index contributed by atoms with van der Waals surface area (Å²) in [6, 6.07) is 0. The molecule has 0 atom stereocenters. The Morgan fingerprint density at radius 3 is 2.00 bits per heavy atom. The van der Waals surface area contributed by atoms with Gasteiger partial charge in [-0.3, -0.25) is 0 Å². The molecular formula is C8H19FO2. The highest BCUT2D eigenvalue weighted by atomic mass is 18.2. The van der Waals surface area contributed by atoms with Crippen molar-refractivity contribution in [2.24, 2.45) is 0 Å². The molecule has 0 unspecified atom stereocenters. The third kappa shape index (κ3) is 25.8. The van der Waals surface area contributed by atoms with Gasteiger partial charge in [-0.25, -0.2) is 4.39 Å². The fraction of sp³-hybridized carbons (Fsp3) is 1.00. The van der Waals surface area contributed by atoms with Crippen LogP contribution in [-0.2, 0) is 4.74 Å². The lowest BCUT2D eigenvalue weighted by Crippen LogP contribution is -1.95. The maximum atomic E-state index is 11.2. The topological polar surface area (TPSA) is 29.5 Å². The first-order valence-electron chi connectivity index (χ1n) is 4.08. The molecule has 0 radical (unpaired) electrons. The Morgan fingerprint density at radius 1 is 1.18 bits per heavy atom. The van der Waals surface area contributed by atoms with E-state index in [1.54, 1.807) is 0 Å². The van der Waals surface area contributed by atoms with Crippen LogP contribution in [0.5, 0.6) is 0 Å². The molecule has 1 N–H and O–H groups in total. The van der Waals surface area contributed by atoms with Crippen molar-refractivity contribution in [1.82, 2.24) is 0 Å². The second-order valence-electron chi connectivity index (χ2n) is 2.02. The third-order valence-electron chi connectivity index (χ3n) is 0.794. The molecule has 0 aromatic heterocycles. The van der Waals surface area contributed by atoms with Crippen molar-refractivity contribution >= 4 is 0 Å². The van der Waals surface area contributed by atoms with E-state index in [1.807, 2.05) is 13.8 Å². The zero-order valence-corrected chi connectivity index (χ0v) is 7.48. The molecule has 0 saturated carbocycles. The molecule has 0 aromatic rings. The maximum absolute atomic E-state index is 11.2. The predicted molar refractivity (Wildman–Crippen MR) is 44.5 cm³/mol. The van der Waals surface area contributed by atoms with Gasteiger partial charge in [-0.15, -0.1) is 0 Å². The Bertz CT molecular complexity index is 45.4. The van der Waals surface area contributed by atoms with Crippen molar-refractivity contribution in [1.29, 1.82) is 0 Å². The van der Waals surface area contributed by atoms with Crippen LogP contribution in [0.15, 0.2) is 0 Å². The van der Waals surface area contributed by atoms with Crippen LogP contribution in [0.3, 0.4) is 0 Å². The Kier molecular flexibility index (Phi) is 20.1. The number of alkyl halides is 1. The summed E-state index contributed by atoms with van der Waals surface area (Å²) in [5, 5.41) is 7.88. The van der Waals surface area contributed by atoms with Crippen LogP contribution < -0.4 is 0 Å². The highest BCUT2D eigenvalue weighted by Gasteiger charge is 1.80. The summed E-state index contributed by atoms with van der Waals surface area (Å²) in [6.07, 6.45) is 1.85. The highest BCUT2D eigenvalue weighted by Crippen LogP contribution is 1.78. The van der Waals surface area contributed by atoms with Gasteiger partial charge in [0.2, 0.25) is 0 Å². The first-order chi connectivity index (χ1) is 5.33. The Balaban J connectivity index is 0. The molecule has 0 aliphatic rings. The lowest BCUT2D eigenvalue weighted by Gasteiger charge is -1.93. The van der Waals surface area contributed by atoms with Crippen molar-refractivity contribution in [3.63, 3.8) is 0 Å². The van der Waals surface area contributed by atoms with E-state index >= 15 is 0 Å². The van der Waals surface area contributed by atoms with Crippen molar-refractivity contribution in [2.45, 2.75) is 26.7 Å². The largest absolute Gasteiger partial charge is 0.396 e. The number of aliphatic hydroxyl groups excluding tert-OH is 1. The van der Waals surface area contributed by atoms with Crippen molar-refractivity contribution < 1.29 is 14.2 Å². The monoisotopic (exact) mass is 165 g/mol. The summed E-state index contributed by atoms with van der Waals surface area (Å²) in [7, 11) is 0. The van der Waals surface area contributed by atoms with Crippen LogP contribution in [0.2, 0.25) is 0 Å². The molecule has 0 spiro atoms. The number of hydrogen-bond acceptors (Lipinski definition) is 2. The van der Waals surface area contributed by atoms with Gasteiger partial charge < -0.3 is 9.84 Å². The standard InChI is InChI=1S/C5H11FO.C3H8O/c1-2-4-7-5-3-6;1-2-3-4/h2-5H2,1H3;4H,2-3H2,1H3/i6-1;. The quantitative estimate of drug-likeness (QED) is 0.629. The predicted octanol–water partition coefficient (Wildman–Crippen LogP) is 1.77. The summed E-state index contributed by atoms with van der Waals surface area (Å²) < 4.78 is 15.9. The summed E-state index contributed by atoms with van der Waals surface area (Å²) in [5.74, 6) is 0. The van der Waals surface area contributed by atoms with Crippen LogP contribution in [0.4, 0.5) is 4.39 Å². The molecule has 70 valence electrons. The molecule has 0 aromatic carbocycles. The number of rotatable bonds is 5. The minimum atomic E-state index is -0.361. The summed E-state index contributed by atoms with van der Waals surface area (Å²) in [5.41, 5.74) is 0. The van der Waals surface area contributed by atoms with E-state index in [1.165, 1.54) is 0 Å². The van der Waals surface area contributed by atoms with Gasteiger partial charge in [0.05, 0.1) is 6.61 Å². The van der Waals surface area contributed by atoms with E-state index < -0.39 is 0 Å². The Labute approximate surface area is 68.4 Å². The number of ether oxygens (including phenoxy) is 1. The third-order valence-corrected chi connectivity index (χ3v) is 0.794. The van der Waals surface area contributed by atoms with E-state index in [-0.39, 0.29) is 13.3 Å². The van der Waals surface area contributed by atoms with Crippen molar-refractivity contribution in [3.8, 4) is 0 Å². The normalized spacial score (nSPS) is 8.73. The van der Waals surface area contributed by atoms with Gasteiger partial charge in [0, 0.05) is 13.2 Å². The van der Waals surface area contributed by atoms with Gasteiger partial charge in [-0.2, -0.15) is 0 Å². The van der Waals surface area contributed by atoms with Gasteiger partial charge in [0.25, 0.3) is 0 Å². The fourth-order valence-electron chi connectivity index (χ4n) is 0.301. The van der Waals surface area contributed by atoms with E-state index in [2.05, 4.69) is 0 Å². The zero-order valence-electron chi connectivity index (χ0n) is 7.48. The molecule has 11 heavy (non-hydrogen) atoms. The lowest BCUT2D eigenvalue weighted by molar-refractivity contribution is 0.119. The molecule has 2 nitrogen and oxygen atoms in total. The molecule has 0 fully saturated rings. The smallest absolute Gasteiger partial charge is 0.113 e. The first-order valence-corrected chi connectivity index (χ1v) is 4.08. The molecule has 0 amide bonds. The average Bonchev–Trinajstić information content (AvgIpc) is 2.06. The number of aliphatic hydroxyl groups is 1. The molecular weight excluding hydrogens is 146 g/mol. The van der Waals surface area contributed by atoms with Crippen LogP contribution in [0.1, 0.15) is 26.7 Å². The van der Waals surface area contributed by atoms with E-state index in [0.29, 0.717) is 13.2 Å². The fourth-order valence-corrected chi connectivity index (χ4v) is 0.301. The van der Waals surface area contributed by atoms with E-state index in [9.17, 15) is 4.39 Å². The first kappa shape index (κ1) is 13.4. The Morgan fingerprint density at radius 2 is 1.73 bits per heavy atom. The van der Waals surface area contributed by atoms with Gasteiger partial charge in [-0.05, 0) is 12.8 Å². The number of hydrogen-bond donors (Lipinski definition) is 1. The lowest BCUT2D eigenvalue weighted by atomic mass is 10.5. The zero-order chi connectivity index (χ0) is 8.95. The van der Waals surface area contributed by atoms with Gasteiger partial charge >= 0.3 is 0 Å². The highest BCUT2D eigenvalue weighted by molar-refractivity contribution is 4.25. The summed E-state index contributed by atoms with van der Waals surface area (Å²) >= 11 is 0. The molecule has 0 rings (SSSR count). The van der Waals surface area contributed by atoms with E-state index in [0.717, 1.165) is 12.8 Å². The van der Waals surface area contributed by atoms with Crippen LogP contribution in [0, 0.1) is 0 Å². The summed E-state index contributed by atoms with van der Waals surface area (Å²) in [4.78, 5) is 0. The molecule has 0 bridgehead atoms. The Hall–Kier alpha value is -0.150. The van der Waals surface area contributed by atoms with E-state index in [4.69, 9.17) is 9.84 Å². The van der Waals surface area contributed by atoms with Crippen molar-refractivity contribution in [2.75, 3.05) is 26.5 Å². The van der Waals surface area contributed by atoms with Gasteiger partial charge in [-0.1, -0.05) is 13.8 Å². The summed E-state index contributed by atoms with van der Waals surface area (Å²) in [6.45, 7) is 4.83. The maximum Gasteiger partial charge on any atom is 0.113 e. The molecule has 3 heteroatoms. The van der Waals surface area contributed by atoms with Crippen molar-refractivity contribution in [3.05, 3.63) is 0 Å². The molecule has 0 aliphatic heterocycles. The van der Waals surface area contributed by atoms with Crippen LogP contribution in [-0.4, -0.2) is 31.6 Å². The molecule has 0 aliphatic carbocycles. The van der Waals surface area contributed by atoms with Crippen LogP contribution >= 0.6 is 0 Å². The van der Waals surface area contributed by atoms with Gasteiger partial charge in [0.15, 0.2) is 0 Å². The second kappa shape index (κ2) is 16.4. The SMILES string of the molecule is CCCO.CCCOCC[18F]. The second-order valence-corrected chi connectivity index (χ2v) is 2.02.